The van der Waals surface area contributed by atoms with Crippen LogP contribution in [0.15, 0.2) is 54.9 Å². The lowest BCUT2D eigenvalue weighted by atomic mass is 10.1. The van der Waals surface area contributed by atoms with Crippen molar-refractivity contribution in [3.8, 4) is 0 Å². The van der Waals surface area contributed by atoms with Gasteiger partial charge in [-0.25, -0.2) is 9.97 Å². The molecule has 2 aromatic heterocycles. The fraction of sp³-hybridized carbons (Fsp3) is 0.227. The highest BCUT2D eigenvalue weighted by Gasteiger charge is 2.30. The van der Waals surface area contributed by atoms with E-state index in [0.29, 0.717) is 24.5 Å². The minimum absolute atomic E-state index is 0.154. The van der Waals surface area contributed by atoms with Crippen molar-refractivity contribution in [3.05, 3.63) is 66.0 Å². The lowest BCUT2D eigenvalue weighted by Crippen LogP contribution is -2.27. The molecule has 166 valence electrons. The van der Waals surface area contributed by atoms with E-state index in [1.54, 1.807) is 6.33 Å². The largest absolute Gasteiger partial charge is 0.416 e. The number of ether oxygens (including phenoxy) is 1. The molecule has 32 heavy (non-hydrogen) atoms. The van der Waals surface area contributed by atoms with Gasteiger partial charge in [-0.3, -0.25) is 4.79 Å². The second-order valence-electron chi connectivity index (χ2n) is 7.09. The number of nitrogen functional groups attached to an aromatic ring is 1. The molecule has 0 radical (unpaired) electrons. The molecular weight excluding hydrogens is 423 g/mol. The van der Waals surface area contributed by atoms with Crippen LogP contribution in [0.4, 0.5) is 19.0 Å². The lowest BCUT2D eigenvalue weighted by molar-refractivity contribution is -0.137. The number of rotatable bonds is 7. The number of nitrogens with zero attached hydrogens (tertiary/aromatic N) is 3. The third-order valence-electron chi connectivity index (χ3n) is 4.96. The number of carbonyl (C=O) groups excluding carboxylic acids is 1. The maximum Gasteiger partial charge on any atom is 0.416 e. The van der Waals surface area contributed by atoms with Gasteiger partial charge in [-0.05, 0) is 30.3 Å². The van der Waals surface area contributed by atoms with Gasteiger partial charge in [-0.15, -0.1) is 0 Å². The summed E-state index contributed by atoms with van der Waals surface area (Å²) in [6.45, 7) is 1.38. The average Bonchev–Trinajstić information content (AvgIpc) is 3.20. The molecule has 0 aliphatic carbocycles. The number of hydrogen-bond acceptors (Lipinski definition) is 5. The highest BCUT2D eigenvalue weighted by Crippen LogP contribution is 2.29. The number of halogens is 3. The Morgan fingerprint density at radius 1 is 1.09 bits per heavy atom. The second-order valence-corrected chi connectivity index (χ2v) is 7.09. The molecular formula is C22H20F3N5O2. The van der Waals surface area contributed by atoms with E-state index in [2.05, 4.69) is 15.3 Å². The van der Waals surface area contributed by atoms with Crippen LogP contribution in [0.1, 0.15) is 15.9 Å². The Labute approximate surface area is 181 Å². The summed E-state index contributed by atoms with van der Waals surface area (Å²) in [6.07, 6.45) is -2.75. The van der Waals surface area contributed by atoms with E-state index in [-0.39, 0.29) is 18.7 Å². The van der Waals surface area contributed by atoms with Gasteiger partial charge in [-0.1, -0.05) is 18.2 Å². The number of imidazole rings is 1. The van der Waals surface area contributed by atoms with E-state index >= 15 is 0 Å². The highest BCUT2D eigenvalue weighted by molar-refractivity contribution is 6.06. The van der Waals surface area contributed by atoms with Crippen molar-refractivity contribution in [1.82, 2.24) is 19.9 Å². The van der Waals surface area contributed by atoms with Crippen LogP contribution < -0.4 is 11.1 Å². The summed E-state index contributed by atoms with van der Waals surface area (Å²) in [5.74, 6) is -0.0956. The van der Waals surface area contributed by atoms with E-state index in [1.807, 2.05) is 28.8 Å². The van der Waals surface area contributed by atoms with Crippen LogP contribution in [-0.4, -0.2) is 40.2 Å². The Kier molecular flexibility index (Phi) is 5.95. The molecule has 7 nitrogen and oxygen atoms in total. The van der Waals surface area contributed by atoms with Crippen molar-refractivity contribution in [1.29, 1.82) is 0 Å². The van der Waals surface area contributed by atoms with E-state index in [9.17, 15) is 18.0 Å². The zero-order chi connectivity index (χ0) is 22.7. The molecule has 0 aliphatic rings. The quantitative estimate of drug-likeness (QED) is 0.426. The monoisotopic (exact) mass is 443 g/mol. The molecule has 10 heteroatoms. The minimum atomic E-state index is -4.43. The van der Waals surface area contributed by atoms with Crippen molar-refractivity contribution in [2.75, 3.05) is 25.5 Å². The molecule has 4 rings (SSSR count). The normalized spacial score (nSPS) is 11.8. The summed E-state index contributed by atoms with van der Waals surface area (Å²) in [6, 6.07) is 11.7. The highest BCUT2D eigenvalue weighted by atomic mass is 19.4. The van der Waals surface area contributed by atoms with E-state index in [0.717, 1.165) is 40.7 Å². The smallest absolute Gasteiger partial charge is 0.382 e. The maximum atomic E-state index is 12.6. The van der Waals surface area contributed by atoms with Crippen LogP contribution in [0, 0.1) is 0 Å². The molecule has 0 unspecified atom stereocenters. The molecule has 4 aromatic rings. The maximum absolute atomic E-state index is 12.6. The van der Waals surface area contributed by atoms with Gasteiger partial charge in [-0.2, -0.15) is 13.2 Å². The van der Waals surface area contributed by atoms with Crippen molar-refractivity contribution in [2.45, 2.75) is 12.7 Å². The third kappa shape index (κ3) is 4.50. The molecule has 0 atom stereocenters. The first-order valence-electron chi connectivity index (χ1n) is 9.87. The van der Waals surface area contributed by atoms with E-state index in [1.165, 1.54) is 0 Å². The number of aromatic nitrogens is 3. The number of nitrogens with two attached hydrogens (primary N) is 1. The van der Waals surface area contributed by atoms with Gasteiger partial charge < -0.3 is 20.4 Å². The van der Waals surface area contributed by atoms with Crippen LogP contribution in [-0.2, 0) is 17.5 Å². The number of benzene rings is 2. The summed E-state index contributed by atoms with van der Waals surface area (Å²) >= 11 is 0. The zero-order valence-corrected chi connectivity index (χ0v) is 16.9. The molecule has 0 saturated carbocycles. The molecule has 0 fully saturated rings. The molecule has 2 aromatic carbocycles. The Morgan fingerprint density at radius 3 is 2.59 bits per heavy atom. The van der Waals surface area contributed by atoms with Gasteiger partial charge in [0.15, 0.2) is 5.82 Å². The number of para-hydroxylation sites is 1. The Morgan fingerprint density at radius 2 is 1.84 bits per heavy atom. The number of hydrogen-bond donors (Lipinski definition) is 2. The third-order valence-corrected chi connectivity index (χ3v) is 4.96. The first-order chi connectivity index (χ1) is 15.3. The Bertz CT molecular complexity index is 1250. The van der Waals surface area contributed by atoms with Crippen molar-refractivity contribution in [3.63, 3.8) is 0 Å². The number of alkyl halides is 3. The number of anilines is 1. The standard InChI is InChI=1S/C22H20F3N5O2/c23-22(24,25)15-7-5-14(6-8-15)21(31)27-9-11-32-12-10-30-13-28-18-19(30)16-3-1-2-4-17(16)29-20(18)26/h1-8,13H,9-12H2,(H2,26,29)(H,27,31). The predicted molar refractivity (Wildman–Crippen MR) is 114 cm³/mol. The molecule has 1 amide bonds. The number of carbonyl (C=O) groups is 1. The van der Waals surface area contributed by atoms with Crippen molar-refractivity contribution >= 4 is 33.7 Å². The molecule has 0 spiro atoms. The number of fused-ring (bicyclic) bond motifs is 3. The molecule has 0 saturated heterocycles. The number of amides is 1. The van der Waals surface area contributed by atoms with Crippen LogP contribution >= 0.6 is 0 Å². The minimum Gasteiger partial charge on any atom is -0.382 e. The molecule has 0 aliphatic heterocycles. The van der Waals surface area contributed by atoms with Crippen molar-refractivity contribution in [2.24, 2.45) is 0 Å². The molecule has 3 N–H and O–H groups in total. The molecule has 0 bridgehead atoms. The van der Waals surface area contributed by atoms with Gasteiger partial charge in [0.05, 0.1) is 36.1 Å². The van der Waals surface area contributed by atoms with Crippen LogP contribution in [0.25, 0.3) is 21.9 Å². The lowest BCUT2D eigenvalue weighted by Gasteiger charge is -2.10. The van der Waals surface area contributed by atoms with Crippen LogP contribution in [0.3, 0.4) is 0 Å². The number of nitrogens with one attached hydrogen (secondary N) is 1. The first kappa shape index (κ1) is 21.6. The molecule has 2 heterocycles. The first-order valence-corrected chi connectivity index (χ1v) is 9.87. The van der Waals surface area contributed by atoms with E-state index in [4.69, 9.17) is 10.5 Å². The second kappa shape index (κ2) is 8.83. The fourth-order valence-corrected chi connectivity index (χ4v) is 3.39. The Hall–Kier alpha value is -3.66. The number of pyridine rings is 1. The van der Waals surface area contributed by atoms with Crippen LogP contribution in [0.5, 0.6) is 0 Å². The summed E-state index contributed by atoms with van der Waals surface area (Å²) in [5, 5.41) is 3.57. The summed E-state index contributed by atoms with van der Waals surface area (Å²) < 4.78 is 45.3. The van der Waals surface area contributed by atoms with Gasteiger partial charge >= 0.3 is 6.18 Å². The van der Waals surface area contributed by atoms with Gasteiger partial charge in [0.1, 0.15) is 5.52 Å². The Balaban J connectivity index is 1.28. The van der Waals surface area contributed by atoms with Crippen molar-refractivity contribution < 1.29 is 22.7 Å². The summed E-state index contributed by atoms with van der Waals surface area (Å²) in [7, 11) is 0. The zero-order valence-electron chi connectivity index (χ0n) is 16.9. The van der Waals surface area contributed by atoms with Gasteiger partial charge in [0.25, 0.3) is 5.91 Å². The fourth-order valence-electron chi connectivity index (χ4n) is 3.39. The average molecular weight is 443 g/mol. The topological polar surface area (TPSA) is 95.1 Å². The van der Waals surface area contributed by atoms with Crippen LogP contribution in [0.2, 0.25) is 0 Å². The van der Waals surface area contributed by atoms with Gasteiger partial charge in [0.2, 0.25) is 0 Å². The predicted octanol–water partition coefficient (Wildman–Crippen LogP) is 3.63. The summed E-state index contributed by atoms with van der Waals surface area (Å²) in [5.41, 5.74) is 7.68. The van der Waals surface area contributed by atoms with Gasteiger partial charge in [0, 0.05) is 24.0 Å². The van der Waals surface area contributed by atoms with E-state index < -0.39 is 17.6 Å². The SMILES string of the molecule is Nc1nc2ccccc2c2c1ncn2CCOCCNC(=O)c1ccc(C(F)(F)F)cc1. The summed E-state index contributed by atoms with van der Waals surface area (Å²) in [4.78, 5) is 20.8.